The van der Waals surface area contributed by atoms with Gasteiger partial charge in [0.15, 0.2) is 0 Å². The Hall–Kier alpha value is -1.46. The summed E-state index contributed by atoms with van der Waals surface area (Å²) >= 11 is 20.5. The predicted molar refractivity (Wildman–Crippen MR) is 266 cm³/mol. The smallest absolute Gasteiger partial charge is 0.225 e. The van der Waals surface area contributed by atoms with Crippen LogP contribution in [0.2, 0.25) is 10.0 Å². The standard InChI is InChI=1S/C27H32BrClN2O2.C26H30BrClN2O3.Ac/c1-16-13-20(6-7-23(16)32)27(33)31-11-8-17(9-12-31)25-24-19(14-21(29)15-22(24)28)5-4-18-3-2-10-30-26(18)25;27-20-14-19(28)12-17-4-3-16-2-1-9-29-25(16)24(23(17)20)15-7-10-30(11-8-15)26(33)18-5-6-21(31)22(32)13-18;/h2-3,10,14-17,20,23,25,32H,4-9,11-13H2,1H3;1-2,9,12,14-15,18,21-22,24,31-32H,3-8,10-11,13H2;/t16?,20?,23?,25-;18?,21?,22?,24-;/m11./s1. The number of benzene rings is 2. The van der Waals surface area contributed by atoms with Crippen LogP contribution in [-0.4, -0.2) is 91.4 Å². The summed E-state index contributed by atoms with van der Waals surface area (Å²) in [6.45, 7) is 5.11. The third-order valence-electron chi connectivity index (χ3n) is 16.0. The van der Waals surface area contributed by atoms with E-state index in [2.05, 4.69) is 67.9 Å². The molecule has 9 nitrogen and oxygen atoms in total. The van der Waals surface area contributed by atoms with Gasteiger partial charge in [-0.05, 0) is 177 Å². The third kappa shape index (κ3) is 11.4. The Bertz CT molecular complexity index is 2250. The number of aromatic nitrogens is 2. The molecule has 2 aromatic heterocycles. The summed E-state index contributed by atoms with van der Waals surface area (Å²) in [7, 11) is 0. The van der Waals surface area contributed by atoms with Crippen molar-refractivity contribution in [1.82, 2.24) is 19.8 Å². The van der Waals surface area contributed by atoms with Crippen molar-refractivity contribution in [2.75, 3.05) is 26.2 Å². The van der Waals surface area contributed by atoms with E-state index in [1.807, 2.05) is 41.6 Å². The van der Waals surface area contributed by atoms with Gasteiger partial charge in [0.2, 0.25) is 11.8 Å². The van der Waals surface area contributed by atoms with Crippen molar-refractivity contribution >= 4 is 66.9 Å². The molecule has 14 heteroatoms. The van der Waals surface area contributed by atoms with Gasteiger partial charge in [0, 0.05) is 125 Å². The predicted octanol–water partition coefficient (Wildman–Crippen LogP) is 10.3. The van der Waals surface area contributed by atoms with Gasteiger partial charge in [0.1, 0.15) is 0 Å². The molecule has 4 aromatic rings. The number of hydrogen-bond acceptors (Lipinski definition) is 7. The Labute approximate surface area is 458 Å². The average Bonchev–Trinajstić information content (AvgIpc) is 3.59. The molecule has 2 saturated heterocycles. The maximum atomic E-state index is 13.2. The van der Waals surface area contributed by atoms with Crippen LogP contribution in [0.4, 0.5) is 0 Å². The number of amides is 2. The number of aryl methyl sites for hydroxylation is 4. The van der Waals surface area contributed by atoms with Crippen molar-refractivity contribution in [2.24, 2.45) is 29.6 Å². The molecule has 2 aliphatic heterocycles. The second-order valence-corrected chi connectivity index (χ2v) is 22.6. The van der Waals surface area contributed by atoms with Crippen LogP contribution in [-0.2, 0) is 35.3 Å². The number of aliphatic hydroxyl groups excluding tert-OH is 3. The summed E-state index contributed by atoms with van der Waals surface area (Å²) in [4.78, 5) is 40.2. The topological polar surface area (TPSA) is 127 Å². The van der Waals surface area contributed by atoms with E-state index in [-0.39, 0.29) is 85.7 Å². The number of hydrogen-bond donors (Lipinski definition) is 3. The zero-order valence-electron chi connectivity index (χ0n) is 38.3. The minimum atomic E-state index is -0.792. The van der Waals surface area contributed by atoms with Crippen LogP contribution < -0.4 is 0 Å². The summed E-state index contributed by atoms with van der Waals surface area (Å²) in [5, 5.41) is 31.4. The van der Waals surface area contributed by atoms with Crippen LogP contribution in [0.3, 0.4) is 0 Å². The first kappa shape index (κ1) is 51.9. The van der Waals surface area contributed by atoms with Crippen LogP contribution >= 0.6 is 55.1 Å². The van der Waals surface area contributed by atoms with E-state index < -0.39 is 12.2 Å². The summed E-state index contributed by atoms with van der Waals surface area (Å²) in [6, 6.07) is 16.7. The molecule has 0 bridgehead atoms. The second-order valence-electron chi connectivity index (χ2n) is 20.0. The summed E-state index contributed by atoms with van der Waals surface area (Å²) in [6.07, 6.45) is 13.5. The molecule has 6 aliphatic rings. The molecule has 2 aromatic carbocycles. The first-order chi connectivity index (χ1) is 31.8. The molecule has 2 saturated carbocycles. The number of halogens is 4. The van der Waals surface area contributed by atoms with E-state index >= 15 is 0 Å². The molecule has 1 radical (unpaired) electrons. The number of pyridine rings is 2. The SMILES string of the molecule is CC1CC(C(=O)N2CCC([C@H]3c4ncccc4CCc4cc(Cl)cc(Br)c43)CC2)CCC1O.O=C(C1CCC(O)C(O)C1)N1CCC([C@H]2c3ncccc3CCc3cc(Cl)cc(Br)c32)CC1.[Ac]. The van der Waals surface area contributed by atoms with E-state index in [0.29, 0.717) is 37.0 Å². The normalized spacial score (nSPS) is 27.6. The number of fused-ring (bicyclic) bond motifs is 4. The quantitative estimate of drug-likeness (QED) is 0.186. The fraction of sp³-hybridized carbons (Fsp3) is 0.547. The maximum Gasteiger partial charge on any atom is 0.225 e. The molecule has 2 amide bonds. The molecule has 4 fully saturated rings. The van der Waals surface area contributed by atoms with Gasteiger partial charge < -0.3 is 25.1 Å². The maximum absolute atomic E-state index is 13.2. The molecule has 0 spiro atoms. The van der Waals surface area contributed by atoms with Gasteiger partial charge in [-0.1, -0.05) is 74.1 Å². The van der Waals surface area contributed by atoms with Crippen molar-refractivity contribution in [3.63, 3.8) is 0 Å². The van der Waals surface area contributed by atoms with Crippen LogP contribution in [0.1, 0.15) is 128 Å². The number of piperidine rings is 2. The Morgan fingerprint density at radius 3 is 1.43 bits per heavy atom. The van der Waals surface area contributed by atoms with E-state index in [9.17, 15) is 24.9 Å². The Kier molecular flexibility index (Phi) is 17.8. The van der Waals surface area contributed by atoms with Crippen molar-refractivity contribution < 1.29 is 69.0 Å². The van der Waals surface area contributed by atoms with Gasteiger partial charge >= 0.3 is 0 Å². The first-order valence-electron chi connectivity index (χ1n) is 24.3. The molecule has 4 heterocycles. The van der Waals surface area contributed by atoms with Gasteiger partial charge in [0.25, 0.3) is 0 Å². The van der Waals surface area contributed by atoms with Crippen LogP contribution in [0.25, 0.3) is 0 Å². The van der Waals surface area contributed by atoms with E-state index in [4.69, 9.17) is 33.2 Å². The Balaban J connectivity index is 0.000000179. The van der Waals surface area contributed by atoms with E-state index in [1.165, 1.54) is 39.1 Å². The Morgan fingerprint density at radius 1 is 0.582 bits per heavy atom. The Morgan fingerprint density at radius 2 is 1.00 bits per heavy atom. The number of carbonyl (C=O) groups is 2. The molecule has 8 atom stereocenters. The third-order valence-corrected chi connectivity index (χ3v) is 17.7. The molecule has 67 heavy (non-hydrogen) atoms. The molecular formula is C53H62AcBr2Cl2N4O5. The summed E-state index contributed by atoms with van der Waals surface area (Å²) < 4.78 is 2.11. The van der Waals surface area contributed by atoms with Crippen LogP contribution in [0.15, 0.2) is 69.9 Å². The van der Waals surface area contributed by atoms with Crippen LogP contribution in [0.5, 0.6) is 0 Å². The fourth-order valence-corrected chi connectivity index (χ4v) is 14.6. The number of rotatable bonds is 4. The molecule has 355 valence electrons. The monoisotopic (exact) mass is 1290 g/mol. The van der Waals surface area contributed by atoms with Gasteiger partial charge in [-0.3, -0.25) is 19.6 Å². The van der Waals surface area contributed by atoms with Gasteiger partial charge in [0.05, 0.1) is 29.7 Å². The molecule has 4 aliphatic carbocycles. The zero-order valence-corrected chi connectivity index (χ0v) is 47.7. The molecule has 3 N–H and O–H groups in total. The second kappa shape index (κ2) is 23.0. The average molecular weight is 1290 g/mol. The van der Waals surface area contributed by atoms with E-state index in [1.54, 1.807) is 0 Å². The first-order valence-corrected chi connectivity index (χ1v) is 26.6. The minimum absolute atomic E-state index is 0. The largest absolute Gasteiger partial charge is 0.393 e. The van der Waals surface area contributed by atoms with E-state index in [0.717, 1.165) is 121 Å². The van der Waals surface area contributed by atoms with Crippen molar-refractivity contribution in [1.29, 1.82) is 0 Å². The fourth-order valence-electron chi connectivity index (χ4n) is 12.4. The van der Waals surface area contributed by atoms with Gasteiger partial charge in [-0.2, -0.15) is 0 Å². The summed E-state index contributed by atoms with van der Waals surface area (Å²) in [5.41, 5.74) is 10.2. The van der Waals surface area contributed by atoms with Crippen molar-refractivity contribution in [2.45, 2.75) is 127 Å². The number of nitrogens with zero attached hydrogens (tertiary/aromatic N) is 4. The number of likely N-dealkylation sites (tertiary alicyclic amines) is 2. The zero-order chi connectivity index (χ0) is 46.2. The van der Waals surface area contributed by atoms with Gasteiger partial charge in [-0.25, -0.2) is 0 Å². The van der Waals surface area contributed by atoms with Gasteiger partial charge in [-0.15, -0.1) is 0 Å². The van der Waals surface area contributed by atoms with Crippen molar-refractivity contribution in [3.05, 3.63) is 125 Å². The molecule has 10 rings (SSSR count). The minimum Gasteiger partial charge on any atom is -0.393 e. The van der Waals surface area contributed by atoms with Crippen molar-refractivity contribution in [3.8, 4) is 0 Å². The molecule has 6 unspecified atom stereocenters. The van der Waals surface area contributed by atoms with Crippen LogP contribution in [0, 0.1) is 73.7 Å². The molecular weight excluding hydrogens is 1230 g/mol. The summed E-state index contributed by atoms with van der Waals surface area (Å²) in [5.74, 6) is 1.72. The number of carbonyl (C=O) groups excluding carboxylic acids is 2. The number of aliphatic hydroxyl groups is 3.